The Morgan fingerprint density at radius 3 is 2.50 bits per heavy atom. The maximum absolute atomic E-state index is 12.6. The van der Waals surface area contributed by atoms with E-state index in [-0.39, 0.29) is 5.78 Å². The number of ether oxygens (including phenoxy) is 1. The highest BCUT2D eigenvalue weighted by atomic mass is 35.5. The summed E-state index contributed by atoms with van der Waals surface area (Å²) in [5.41, 5.74) is 0.596. The monoisotopic (exact) mass is 324 g/mol. The molecule has 5 heteroatoms. The molecule has 0 radical (unpaired) electrons. The Morgan fingerprint density at radius 1 is 1.18 bits per heavy atom. The molecule has 1 fully saturated rings. The minimum atomic E-state index is 0.0820. The lowest BCUT2D eigenvalue weighted by Crippen LogP contribution is -2.47. The average Bonchev–Trinajstić information content (AvgIpc) is 2.54. The summed E-state index contributed by atoms with van der Waals surface area (Å²) in [7, 11) is 0. The zero-order valence-electron chi connectivity index (χ0n) is 13.5. The van der Waals surface area contributed by atoms with E-state index in [0.29, 0.717) is 29.5 Å². The smallest absolute Gasteiger partial charge is 0.180 e. The number of halogens is 1. The van der Waals surface area contributed by atoms with Gasteiger partial charge < -0.3 is 9.64 Å². The van der Waals surface area contributed by atoms with Crippen molar-refractivity contribution >= 4 is 17.4 Å². The fourth-order valence-corrected chi connectivity index (χ4v) is 2.78. The topological polar surface area (TPSA) is 32.8 Å². The van der Waals surface area contributed by atoms with Crippen LogP contribution in [-0.4, -0.2) is 61.5 Å². The van der Waals surface area contributed by atoms with Gasteiger partial charge in [0.15, 0.2) is 5.78 Å². The van der Waals surface area contributed by atoms with Crippen LogP contribution < -0.4 is 4.74 Å². The van der Waals surface area contributed by atoms with E-state index < -0.39 is 0 Å². The summed E-state index contributed by atoms with van der Waals surface area (Å²) in [6, 6.07) is 5.28. The summed E-state index contributed by atoms with van der Waals surface area (Å²) in [5.74, 6) is 0.724. The lowest BCUT2D eigenvalue weighted by atomic mass is 10.1. The van der Waals surface area contributed by atoms with Crippen LogP contribution in [0.5, 0.6) is 5.75 Å². The molecule has 22 heavy (non-hydrogen) atoms. The predicted molar refractivity (Wildman–Crippen MR) is 90.1 cm³/mol. The van der Waals surface area contributed by atoms with Crippen molar-refractivity contribution in [1.82, 2.24) is 9.80 Å². The number of carbonyl (C=O) groups excluding carboxylic acids is 1. The Balaban J connectivity index is 2.01. The van der Waals surface area contributed by atoms with E-state index in [1.54, 1.807) is 18.2 Å². The fourth-order valence-electron chi connectivity index (χ4n) is 2.61. The van der Waals surface area contributed by atoms with Crippen molar-refractivity contribution in [2.24, 2.45) is 0 Å². The summed E-state index contributed by atoms with van der Waals surface area (Å²) < 4.78 is 5.68. The molecule has 0 aromatic heterocycles. The van der Waals surface area contributed by atoms with Crippen LogP contribution in [0.3, 0.4) is 0 Å². The molecule has 4 nitrogen and oxygen atoms in total. The Labute approximate surface area is 138 Å². The molecule has 0 N–H and O–H groups in total. The predicted octanol–water partition coefficient (Wildman–Crippen LogP) is 2.95. The standard InChI is InChI=1S/C17H25ClN2O2/c1-3-11-22-17-6-5-14(18)12-15(17)16(21)13-20-9-7-19(4-2)8-10-20/h5-6,12H,3-4,7-11,13H2,1-2H3. The Bertz CT molecular complexity index is 499. The van der Waals surface area contributed by atoms with Crippen molar-refractivity contribution in [2.45, 2.75) is 20.3 Å². The quantitative estimate of drug-likeness (QED) is 0.722. The highest BCUT2D eigenvalue weighted by molar-refractivity contribution is 6.31. The molecule has 0 spiro atoms. The van der Waals surface area contributed by atoms with Gasteiger partial charge in [-0.15, -0.1) is 0 Å². The first-order chi connectivity index (χ1) is 10.6. The number of rotatable bonds is 7. The third kappa shape index (κ3) is 4.70. The number of likely N-dealkylation sites (N-methyl/N-ethyl adjacent to an activating group) is 1. The van der Waals surface area contributed by atoms with Gasteiger partial charge in [0.2, 0.25) is 0 Å². The maximum atomic E-state index is 12.6. The third-order valence-electron chi connectivity index (χ3n) is 3.98. The summed E-state index contributed by atoms with van der Waals surface area (Å²) >= 11 is 6.05. The SMILES string of the molecule is CCCOc1ccc(Cl)cc1C(=O)CN1CCN(CC)CC1. The van der Waals surface area contributed by atoms with Gasteiger partial charge in [0, 0.05) is 31.2 Å². The van der Waals surface area contributed by atoms with Gasteiger partial charge in [-0.2, -0.15) is 0 Å². The second kappa shape index (κ2) is 8.51. The summed E-state index contributed by atoms with van der Waals surface area (Å²) in [6.07, 6.45) is 0.912. The molecule has 0 aliphatic carbocycles. The lowest BCUT2D eigenvalue weighted by Gasteiger charge is -2.33. The van der Waals surface area contributed by atoms with E-state index in [9.17, 15) is 4.79 Å². The van der Waals surface area contributed by atoms with Crippen LogP contribution >= 0.6 is 11.6 Å². The molecule has 0 bridgehead atoms. The molecule has 1 saturated heterocycles. The third-order valence-corrected chi connectivity index (χ3v) is 4.22. The fraction of sp³-hybridized carbons (Fsp3) is 0.588. The molecular formula is C17H25ClN2O2. The molecule has 2 rings (SSSR count). The van der Waals surface area contributed by atoms with Crippen molar-refractivity contribution in [1.29, 1.82) is 0 Å². The Hall–Kier alpha value is -1.10. The van der Waals surface area contributed by atoms with Gasteiger partial charge in [-0.05, 0) is 31.2 Å². The second-order valence-corrected chi connectivity index (χ2v) is 6.06. The molecule has 1 aliphatic heterocycles. The van der Waals surface area contributed by atoms with Crippen molar-refractivity contribution in [3.05, 3.63) is 28.8 Å². The molecule has 1 heterocycles. The van der Waals surface area contributed by atoms with Crippen LogP contribution in [0.2, 0.25) is 5.02 Å². The van der Waals surface area contributed by atoms with Gasteiger partial charge in [-0.1, -0.05) is 25.4 Å². The molecule has 1 aromatic carbocycles. The molecule has 1 aliphatic rings. The van der Waals surface area contributed by atoms with Crippen molar-refractivity contribution in [2.75, 3.05) is 45.9 Å². The van der Waals surface area contributed by atoms with E-state index in [0.717, 1.165) is 39.1 Å². The molecule has 122 valence electrons. The lowest BCUT2D eigenvalue weighted by molar-refractivity contribution is 0.0855. The van der Waals surface area contributed by atoms with Crippen molar-refractivity contribution < 1.29 is 9.53 Å². The Morgan fingerprint density at radius 2 is 1.86 bits per heavy atom. The zero-order chi connectivity index (χ0) is 15.9. The number of benzene rings is 1. The first-order valence-electron chi connectivity index (χ1n) is 8.04. The first-order valence-corrected chi connectivity index (χ1v) is 8.42. The molecule has 0 atom stereocenters. The largest absolute Gasteiger partial charge is 0.493 e. The summed E-state index contributed by atoms with van der Waals surface area (Å²) in [6.45, 7) is 10.3. The number of nitrogens with zero attached hydrogens (tertiary/aromatic N) is 2. The van der Waals surface area contributed by atoms with Gasteiger partial charge in [-0.25, -0.2) is 0 Å². The van der Waals surface area contributed by atoms with Gasteiger partial charge in [0.1, 0.15) is 5.75 Å². The molecule has 0 unspecified atom stereocenters. The Kier molecular flexibility index (Phi) is 6.68. The van der Waals surface area contributed by atoms with Crippen LogP contribution in [0.4, 0.5) is 0 Å². The van der Waals surface area contributed by atoms with Crippen LogP contribution in [0.25, 0.3) is 0 Å². The zero-order valence-corrected chi connectivity index (χ0v) is 14.2. The number of hydrogen-bond donors (Lipinski definition) is 0. The molecule has 0 amide bonds. The molecular weight excluding hydrogens is 300 g/mol. The maximum Gasteiger partial charge on any atom is 0.180 e. The van der Waals surface area contributed by atoms with Crippen LogP contribution in [0.1, 0.15) is 30.6 Å². The van der Waals surface area contributed by atoms with Crippen LogP contribution in [0, 0.1) is 0 Å². The van der Waals surface area contributed by atoms with E-state index in [1.807, 2.05) is 6.92 Å². The number of carbonyl (C=O) groups is 1. The van der Waals surface area contributed by atoms with Gasteiger partial charge in [0.25, 0.3) is 0 Å². The highest BCUT2D eigenvalue weighted by Crippen LogP contribution is 2.24. The van der Waals surface area contributed by atoms with Crippen LogP contribution in [-0.2, 0) is 0 Å². The van der Waals surface area contributed by atoms with Crippen molar-refractivity contribution in [3.63, 3.8) is 0 Å². The van der Waals surface area contributed by atoms with Crippen molar-refractivity contribution in [3.8, 4) is 5.75 Å². The second-order valence-electron chi connectivity index (χ2n) is 5.62. The normalized spacial score (nSPS) is 16.7. The first kappa shape index (κ1) is 17.3. The van der Waals surface area contributed by atoms with Gasteiger partial charge >= 0.3 is 0 Å². The van der Waals surface area contributed by atoms with Crippen LogP contribution in [0.15, 0.2) is 18.2 Å². The number of Topliss-reactive ketones (excluding diaryl/α,β-unsaturated/α-hetero) is 1. The molecule has 0 saturated carbocycles. The van der Waals surface area contributed by atoms with Gasteiger partial charge in [-0.3, -0.25) is 9.69 Å². The van der Waals surface area contributed by atoms with E-state index >= 15 is 0 Å². The minimum Gasteiger partial charge on any atom is -0.493 e. The van der Waals surface area contributed by atoms with E-state index in [1.165, 1.54) is 0 Å². The summed E-state index contributed by atoms with van der Waals surface area (Å²) in [5, 5.41) is 0.572. The molecule has 1 aromatic rings. The average molecular weight is 325 g/mol. The number of hydrogen-bond acceptors (Lipinski definition) is 4. The van der Waals surface area contributed by atoms with E-state index in [4.69, 9.17) is 16.3 Å². The number of piperazine rings is 1. The highest BCUT2D eigenvalue weighted by Gasteiger charge is 2.20. The summed E-state index contributed by atoms with van der Waals surface area (Å²) in [4.78, 5) is 17.2. The van der Waals surface area contributed by atoms with E-state index in [2.05, 4.69) is 16.7 Å². The minimum absolute atomic E-state index is 0.0820. The van der Waals surface area contributed by atoms with Gasteiger partial charge in [0.05, 0.1) is 18.7 Å². The number of ketones is 1.